The Hall–Kier alpha value is -3.38. The van der Waals surface area contributed by atoms with Gasteiger partial charge in [0.1, 0.15) is 11.3 Å². The Morgan fingerprint density at radius 2 is 1.88 bits per heavy atom. The highest BCUT2D eigenvalue weighted by molar-refractivity contribution is 5.95. The van der Waals surface area contributed by atoms with Gasteiger partial charge in [0.25, 0.3) is 11.5 Å². The molecule has 0 bridgehead atoms. The number of ether oxygens (including phenoxy) is 2. The van der Waals surface area contributed by atoms with Crippen molar-refractivity contribution in [3.8, 4) is 11.4 Å². The third kappa shape index (κ3) is 4.60. The molecular formula is C26H28N2O4. The SMILES string of the molecule is COc1ccccc1-n1ccc(C)c(C(=O)N(Cc2ccccc2)CC2CCCO2)c1=O. The number of nitrogens with zero attached hydrogens (tertiary/aromatic N) is 2. The summed E-state index contributed by atoms with van der Waals surface area (Å²) < 4.78 is 12.7. The number of carbonyl (C=O) groups is 1. The van der Waals surface area contributed by atoms with E-state index in [1.807, 2.05) is 42.5 Å². The van der Waals surface area contributed by atoms with E-state index in [4.69, 9.17) is 9.47 Å². The number of aromatic nitrogens is 1. The van der Waals surface area contributed by atoms with Crippen molar-refractivity contribution in [3.63, 3.8) is 0 Å². The van der Waals surface area contributed by atoms with Crippen molar-refractivity contribution in [2.24, 2.45) is 0 Å². The van der Waals surface area contributed by atoms with Crippen molar-refractivity contribution in [2.45, 2.75) is 32.4 Å². The second-order valence-electron chi connectivity index (χ2n) is 8.03. The molecule has 1 fully saturated rings. The van der Waals surface area contributed by atoms with E-state index in [0.29, 0.717) is 36.7 Å². The smallest absolute Gasteiger partial charge is 0.268 e. The maximum Gasteiger partial charge on any atom is 0.268 e. The van der Waals surface area contributed by atoms with Gasteiger partial charge in [-0.3, -0.25) is 14.2 Å². The predicted octanol–water partition coefficient (Wildman–Crippen LogP) is 3.98. The largest absolute Gasteiger partial charge is 0.495 e. The highest BCUT2D eigenvalue weighted by Crippen LogP contribution is 2.22. The van der Waals surface area contributed by atoms with Gasteiger partial charge in [-0.1, -0.05) is 42.5 Å². The Morgan fingerprint density at radius 1 is 1.12 bits per heavy atom. The number of hydrogen-bond donors (Lipinski definition) is 0. The van der Waals surface area contributed by atoms with Gasteiger partial charge in [-0.2, -0.15) is 0 Å². The summed E-state index contributed by atoms with van der Waals surface area (Å²) in [6.45, 7) is 3.38. The van der Waals surface area contributed by atoms with Gasteiger partial charge >= 0.3 is 0 Å². The third-order valence-corrected chi connectivity index (χ3v) is 5.81. The van der Waals surface area contributed by atoms with Crippen molar-refractivity contribution in [3.05, 3.63) is 93.9 Å². The minimum Gasteiger partial charge on any atom is -0.495 e. The van der Waals surface area contributed by atoms with Crippen molar-refractivity contribution < 1.29 is 14.3 Å². The molecule has 1 aliphatic heterocycles. The average Bonchev–Trinajstić information content (AvgIpc) is 3.32. The molecule has 0 aliphatic carbocycles. The number of amides is 1. The first kappa shape index (κ1) is 21.8. The lowest BCUT2D eigenvalue weighted by Crippen LogP contribution is -2.40. The minimum absolute atomic E-state index is 0.0110. The Bertz CT molecular complexity index is 1130. The second-order valence-corrected chi connectivity index (χ2v) is 8.03. The van der Waals surface area contributed by atoms with E-state index in [9.17, 15) is 9.59 Å². The Morgan fingerprint density at radius 3 is 2.59 bits per heavy atom. The Labute approximate surface area is 188 Å². The van der Waals surface area contributed by atoms with Gasteiger partial charge in [-0.05, 0) is 49.1 Å². The standard InChI is InChI=1S/C26H28N2O4/c1-19-14-15-28(22-12-6-7-13-23(22)31-2)26(30)24(19)25(29)27(18-21-11-8-16-32-21)17-20-9-4-3-5-10-20/h3-7,9-10,12-15,21H,8,11,16-18H2,1-2H3. The van der Waals surface area contributed by atoms with Crippen LogP contribution < -0.4 is 10.3 Å². The van der Waals surface area contributed by atoms with Gasteiger partial charge < -0.3 is 14.4 Å². The molecule has 0 spiro atoms. The van der Waals surface area contributed by atoms with Gasteiger partial charge in [0.2, 0.25) is 0 Å². The van der Waals surface area contributed by atoms with E-state index in [-0.39, 0.29) is 23.1 Å². The van der Waals surface area contributed by atoms with E-state index in [2.05, 4.69) is 0 Å². The van der Waals surface area contributed by atoms with Crippen LogP contribution in [0, 0.1) is 6.92 Å². The quantitative estimate of drug-likeness (QED) is 0.567. The lowest BCUT2D eigenvalue weighted by atomic mass is 10.1. The summed E-state index contributed by atoms with van der Waals surface area (Å²) in [5, 5.41) is 0. The molecule has 6 nitrogen and oxygen atoms in total. The molecule has 0 radical (unpaired) electrons. The van der Waals surface area contributed by atoms with Crippen LogP contribution in [-0.2, 0) is 11.3 Å². The summed E-state index contributed by atoms with van der Waals surface area (Å²) in [5.41, 5.74) is 2.08. The first-order chi connectivity index (χ1) is 15.6. The van der Waals surface area contributed by atoms with E-state index in [0.717, 1.165) is 18.4 Å². The number of aryl methyl sites for hydroxylation is 1. The van der Waals surface area contributed by atoms with Crippen LogP contribution in [0.3, 0.4) is 0 Å². The third-order valence-electron chi connectivity index (χ3n) is 5.81. The van der Waals surface area contributed by atoms with Crippen LogP contribution in [0.4, 0.5) is 0 Å². The van der Waals surface area contributed by atoms with Gasteiger partial charge in [0, 0.05) is 25.9 Å². The topological polar surface area (TPSA) is 60.8 Å². The fourth-order valence-electron chi connectivity index (χ4n) is 4.12. The summed E-state index contributed by atoms with van der Waals surface area (Å²) in [5.74, 6) is 0.286. The van der Waals surface area contributed by atoms with Gasteiger partial charge in [0.15, 0.2) is 0 Å². The highest BCUT2D eigenvalue weighted by atomic mass is 16.5. The Balaban J connectivity index is 1.73. The van der Waals surface area contributed by atoms with Crippen molar-refractivity contribution in [2.75, 3.05) is 20.3 Å². The predicted molar refractivity (Wildman–Crippen MR) is 123 cm³/mol. The fourth-order valence-corrected chi connectivity index (χ4v) is 4.12. The maximum atomic E-state index is 13.7. The van der Waals surface area contributed by atoms with Crippen LogP contribution in [0.1, 0.15) is 34.3 Å². The van der Waals surface area contributed by atoms with E-state index in [1.165, 1.54) is 4.57 Å². The summed E-state index contributed by atoms with van der Waals surface area (Å²) in [6, 6.07) is 18.9. The lowest BCUT2D eigenvalue weighted by molar-refractivity contribution is 0.0505. The molecule has 1 atom stereocenters. The Kier molecular flexibility index (Phi) is 6.71. The summed E-state index contributed by atoms with van der Waals surface area (Å²) >= 11 is 0. The van der Waals surface area contributed by atoms with Crippen LogP contribution in [0.15, 0.2) is 71.7 Å². The number of para-hydroxylation sites is 2. The van der Waals surface area contributed by atoms with E-state index < -0.39 is 0 Å². The lowest BCUT2D eigenvalue weighted by Gasteiger charge is -2.26. The van der Waals surface area contributed by atoms with Crippen LogP contribution in [0.2, 0.25) is 0 Å². The van der Waals surface area contributed by atoms with Crippen molar-refractivity contribution in [1.29, 1.82) is 0 Å². The number of rotatable bonds is 7. The zero-order chi connectivity index (χ0) is 22.5. The zero-order valence-corrected chi connectivity index (χ0v) is 18.5. The van der Waals surface area contributed by atoms with E-state index >= 15 is 0 Å². The molecule has 32 heavy (non-hydrogen) atoms. The molecule has 1 aliphatic rings. The number of hydrogen-bond acceptors (Lipinski definition) is 4. The zero-order valence-electron chi connectivity index (χ0n) is 18.5. The molecule has 1 unspecified atom stereocenters. The van der Waals surface area contributed by atoms with Crippen LogP contribution in [0.5, 0.6) is 5.75 Å². The molecule has 2 aromatic carbocycles. The first-order valence-electron chi connectivity index (χ1n) is 10.9. The molecule has 1 aromatic heterocycles. The molecular weight excluding hydrogens is 404 g/mol. The van der Waals surface area contributed by atoms with Gasteiger partial charge in [0.05, 0.1) is 18.9 Å². The van der Waals surface area contributed by atoms with Crippen molar-refractivity contribution in [1.82, 2.24) is 9.47 Å². The number of carbonyl (C=O) groups excluding carboxylic acids is 1. The number of benzene rings is 2. The summed E-state index contributed by atoms with van der Waals surface area (Å²) in [4.78, 5) is 29.0. The molecule has 1 saturated heterocycles. The normalized spacial score (nSPS) is 15.5. The minimum atomic E-state index is -0.357. The average molecular weight is 433 g/mol. The molecule has 166 valence electrons. The molecule has 6 heteroatoms. The fraction of sp³-hybridized carbons (Fsp3) is 0.308. The summed E-state index contributed by atoms with van der Waals surface area (Å²) in [7, 11) is 1.56. The van der Waals surface area contributed by atoms with Gasteiger partial charge in [-0.25, -0.2) is 0 Å². The number of pyridine rings is 1. The highest BCUT2D eigenvalue weighted by Gasteiger charge is 2.27. The molecule has 4 rings (SSSR count). The number of methoxy groups -OCH3 is 1. The van der Waals surface area contributed by atoms with E-state index in [1.54, 1.807) is 43.3 Å². The molecule has 0 N–H and O–H groups in total. The van der Waals surface area contributed by atoms with Crippen molar-refractivity contribution >= 4 is 5.91 Å². The van der Waals surface area contributed by atoms with Crippen LogP contribution >= 0.6 is 0 Å². The van der Waals surface area contributed by atoms with Crippen LogP contribution in [0.25, 0.3) is 5.69 Å². The maximum absolute atomic E-state index is 13.7. The first-order valence-corrected chi connectivity index (χ1v) is 10.9. The molecule has 1 amide bonds. The van der Waals surface area contributed by atoms with Crippen LogP contribution in [-0.4, -0.2) is 41.7 Å². The van der Waals surface area contributed by atoms with Gasteiger partial charge in [-0.15, -0.1) is 0 Å². The molecule has 0 saturated carbocycles. The summed E-state index contributed by atoms with van der Waals surface area (Å²) in [6.07, 6.45) is 3.58. The second kappa shape index (κ2) is 9.83. The molecule has 3 aromatic rings. The monoisotopic (exact) mass is 432 g/mol. The molecule has 2 heterocycles.